The summed E-state index contributed by atoms with van der Waals surface area (Å²) in [4.78, 5) is 12.2. The molecule has 0 spiro atoms. The Morgan fingerprint density at radius 1 is 1.43 bits per heavy atom. The van der Waals surface area contributed by atoms with Crippen molar-refractivity contribution in [2.75, 3.05) is 0 Å². The molecule has 21 heavy (non-hydrogen) atoms. The minimum absolute atomic E-state index is 0.108. The maximum absolute atomic E-state index is 12.2. The number of carbonyl (C=O) groups excluding carboxylic acids is 1. The maximum atomic E-state index is 12.2. The van der Waals surface area contributed by atoms with Gasteiger partial charge < -0.3 is 5.32 Å². The van der Waals surface area contributed by atoms with Crippen molar-refractivity contribution >= 4 is 5.91 Å². The molecule has 1 unspecified atom stereocenters. The molecule has 2 N–H and O–H groups in total. The summed E-state index contributed by atoms with van der Waals surface area (Å²) in [5.41, 5.74) is 4.82. The lowest BCUT2D eigenvalue weighted by Crippen LogP contribution is -2.39. The van der Waals surface area contributed by atoms with Gasteiger partial charge in [0.25, 0.3) is 0 Å². The van der Waals surface area contributed by atoms with Crippen LogP contribution in [0.3, 0.4) is 0 Å². The van der Waals surface area contributed by atoms with Gasteiger partial charge in [0, 0.05) is 18.2 Å². The van der Waals surface area contributed by atoms with Crippen LogP contribution in [0.2, 0.25) is 0 Å². The number of carbonyl (C=O) groups is 1. The molecular formula is C17H21N3O. The fourth-order valence-corrected chi connectivity index (χ4v) is 2.96. The molecule has 3 rings (SSSR count). The second-order valence-electron chi connectivity index (χ2n) is 5.73. The number of amides is 1. The van der Waals surface area contributed by atoms with E-state index in [1.165, 1.54) is 16.8 Å². The first-order valence-electron chi connectivity index (χ1n) is 7.63. The van der Waals surface area contributed by atoms with Gasteiger partial charge >= 0.3 is 0 Å². The monoisotopic (exact) mass is 283 g/mol. The van der Waals surface area contributed by atoms with Crippen LogP contribution in [0.1, 0.15) is 35.7 Å². The molecule has 1 aliphatic rings. The minimum atomic E-state index is 0.108. The molecule has 1 amide bonds. The molecular weight excluding hydrogens is 262 g/mol. The van der Waals surface area contributed by atoms with E-state index >= 15 is 0 Å². The third-order valence-corrected chi connectivity index (χ3v) is 4.15. The van der Waals surface area contributed by atoms with Crippen LogP contribution in [0.4, 0.5) is 0 Å². The van der Waals surface area contributed by atoms with E-state index in [0.29, 0.717) is 6.42 Å². The molecule has 4 heteroatoms. The van der Waals surface area contributed by atoms with E-state index in [9.17, 15) is 4.79 Å². The van der Waals surface area contributed by atoms with E-state index in [1.54, 1.807) is 0 Å². The summed E-state index contributed by atoms with van der Waals surface area (Å²) in [5, 5.41) is 10.2. The molecule has 0 saturated heterocycles. The van der Waals surface area contributed by atoms with Gasteiger partial charge in [0.2, 0.25) is 5.91 Å². The molecule has 110 valence electrons. The van der Waals surface area contributed by atoms with Crippen molar-refractivity contribution in [3.63, 3.8) is 0 Å². The number of hydrogen-bond donors (Lipinski definition) is 2. The van der Waals surface area contributed by atoms with Crippen LogP contribution >= 0.6 is 0 Å². The van der Waals surface area contributed by atoms with Crippen LogP contribution in [-0.4, -0.2) is 22.1 Å². The summed E-state index contributed by atoms with van der Waals surface area (Å²) in [7, 11) is 0. The Labute approximate surface area is 125 Å². The molecule has 0 aliphatic heterocycles. The molecule has 1 aromatic heterocycles. The number of H-pyrrole nitrogens is 1. The highest BCUT2D eigenvalue weighted by Crippen LogP contribution is 2.19. The highest BCUT2D eigenvalue weighted by atomic mass is 16.1. The quantitative estimate of drug-likeness (QED) is 0.903. The fraction of sp³-hybridized carbons (Fsp3) is 0.412. The highest BCUT2D eigenvalue weighted by molar-refractivity contribution is 5.79. The fourth-order valence-electron chi connectivity index (χ4n) is 2.96. The van der Waals surface area contributed by atoms with E-state index in [2.05, 4.69) is 34.6 Å². The molecule has 4 nitrogen and oxygen atoms in total. The van der Waals surface area contributed by atoms with E-state index < -0.39 is 0 Å². The van der Waals surface area contributed by atoms with Crippen LogP contribution in [0.15, 0.2) is 30.5 Å². The lowest BCUT2D eigenvalue weighted by molar-refractivity contribution is -0.121. The first kappa shape index (κ1) is 13.9. The summed E-state index contributed by atoms with van der Waals surface area (Å²) in [6, 6.07) is 8.49. The van der Waals surface area contributed by atoms with Crippen molar-refractivity contribution in [2.45, 2.75) is 45.1 Å². The van der Waals surface area contributed by atoms with Crippen molar-refractivity contribution < 1.29 is 4.79 Å². The zero-order valence-electron chi connectivity index (χ0n) is 12.4. The van der Waals surface area contributed by atoms with Gasteiger partial charge in [0.15, 0.2) is 0 Å². The topological polar surface area (TPSA) is 57.8 Å². The molecule has 0 saturated carbocycles. The SMILES string of the molecule is CCc1cccc(CC(=O)NC2CCc3cn[nH]c3C2)c1. The normalized spacial score (nSPS) is 17.3. The van der Waals surface area contributed by atoms with Gasteiger partial charge in [-0.2, -0.15) is 5.10 Å². The van der Waals surface area contributed by atoms with Gasteiger partial charge in [-0.1, -0.05) is 31.2 Å². The summed E-state index contributed by atoms with van der Waals surface area (Å²) >= 11 is 0. The number of aryl methyl sites for hydroxylation is 2. The van der Waals surface area contributed by atoms with Crippen molar-refractivity contribution in [3.8, 4) is 0 Å². The summed E-state index contributed by atoms with van der Waals surface area (Å²) in [6.45, 7) is 2.13. The second kappa shape index (κ2) is 6.12. The highest BCUT2D eigenvalue weighted by Gasteiger charge is 2.21. The molecule has 2 aromatic rings. The number of aromatic nitrogens is 2. The van der Waals surface area contributed by atoms with Crippen LogP contribution in [0.25, 0.3) is 0 Å². The number of nitrogens with one attached hydrogen (secondary N) is 2. The zero-order chi connectivity index (χ0) is 14.7. The third-order valence-electron chi connectivity index (χ3n) is 4.15. The average Bonchev–Trinajstić information content (AvgIpc) is 2.95. The predicted octanol–water partition coefficient (Wildman–Crippen LogP) is 2.19. The Morgan fingerprint density at radius 2 is 2.29 bits per heavy atom. The lowest BCUT2D eigenvalue weighted by atomic mass is 9.93. The standard InChI is InChI=1S/C17H21N3O/c1-2-12-4-3-5-13(8-12)9-17(21)19-15-7-6-14-11-18-20-16(14)10-15/h3-5,8,11,15H,2,6-7,9-10H2,1H3,(H,18,20)(H,19,21). The predicted molar refractivity (Wildman–Crippen MR) is 82.1 cm³/mol. The van der Waals surface area contributed by atoms with Crippen LogP contribution in [0.5, 0.6) is 0 Å². The number of nitrogens with zero attached hydrogens (tertiary/aromatic N) is 1. The summed E-state index contributed by atoms with van der Waals surface area (Å²) < 4.78 is 0. The second-order valence-corrected chi connectivity index (χ2v) is 5.73. The van der Waals surface area contributed by atoms with Gasteiger partial charge in [-0.15, -0.1) is 0 Å². The van der Waals surface area contributed by atoms with E-state index in [1.807, 2.05) is 18.3 Å². The zero-order valence-corrected chi connectivity index (χ0v) is 12.4. The minimum Gasteiger partial charge on any atom is -0.353 e. The van der Waals surface area contributed by atoms with E-state index in [0.717, 1.165) is 31.2 Å². The number of hydrogen-bond acceptors (Lipinski definition) is 2. The Balaban J connectivity index is 1.57. The number of benzene rings is 1. The lowest BCUT2D eigenvalue weighted by Gasteiger charge is -2.22. The maximum Gasteiger partial charge on any atom is 0.224 e. The molecule has 1 aromatic carbocycles. The van der Waals surface area contributed by atoms with Gasteiger partial charge in [0.05, 0.1) is 12.6 Å². The third kappa shape index (κ3) is 3.32. The first-order valence-corrected chi connectivity index (χ1v) is 7.63. The molecule has 1 heterocycles. The van der Waals surface area contributed by atoms with Gasteiger partial charge in [-0.05, 0) is 36.0 Å². The molecule has 1 aliphatic carbocycles. The van der Waals surface area contributed by atoms with Crippen molar-refractivity contribution in [3.05, 3.63) is 52.8 Å². The Hall–Kier alpha value is -2.10. The Kier molecular flexibility index (Phi) is 4.04. The largest absolute Gasteiger partial charge is 0.353 e. The number of rotatable bonds is 4. The molecule has 0 radical (unpaired) electrons. The first-order chi connectivity index (χ1) is 10.2. The van der Waals surface area contributed by atoms with Crippen molar-refractivity contribution in [1.82, 2.24) is 15.5 Å². The number of aromatic amines is 1. The smallest absolute Gasteiger partial charge is 0.224 e. The summed E-state index contributed by atoms with van der Waals surface area (Å²) in [5.74, 6) is 0.108. The van der Waals surface area contributed by atoms with Crippen molar-refractivity contribution in [2.24, 2.45) is 0 Å². The summed E-state index contributed by atoms with van der Waals surface area (Å²) in [6.07, 6.45) is 6.19. The van der Waals surface area contributed by atoms with Gasteiger partial charge in [-0.25, -0.2) is 0 Å². The molecule has 1 atom stereocenters. The number of fused-ring (bicyclic) bond motifs is 1. The molecule has 0 fully saturated rings. The van der Waals surface area contributed by atoms with Gasteiger partial charge in [-0.3, -0.25) is 9.89 Å². The molecule has 0 bridgehead atoms. The van der Waals surface area contributed by atoms with Crippen molar-refractivity contribution in [1.29, 1.82) is 0 Å². The van der Waals surface area contributed by atoms with Crippen LogP contribution in [0, 0.1) is 0 Å². The Bertz CT molecular complexity index is 632. The Morgan fingerprint density at radius 3 is 3.14 bits per heavy atom. The van der Waals surface area contributed by atoms with Gasteiger partial charge in [0.1, 0.15) is 0 Å². The van der Waals surface area contributed by atoms with E-state index in [4.69, 9.17) is 0 Å². The van der Waals surface area contributed by atoms with E-state index in [-0.39, 0.29) is 11.9 Å². The van der Waals surface area contributed by atoms with Crippen LogP contribution < -0.4 is 5.32 Å². The average molecular weight is 283 g/mol. The van der Waals surface area contributed by atoms with Crippen LogP contribution in [-0.2, 0) is 30.5 Å².